The third kappa shape index (κ3) is 7.73. The summed E-state index contributed by atoms with van der Waals surface area (Å²) in [6, 6.07) is 17.1. The van der Waals surface area contributed by atoms with E-state index in [2.05, 4.69) is 32.2 Å². The van der Waals surface area contributed by atoms with E-state index in [9.17, 15) is 4.39 Å². The number of likely N-dealkylation sites (tertiary alicyclic amines) is 1. The summed E-state index contributed by atoms with van der Waals surface area (Å²) in [6.07, 6.45) is 1.10. The summed E-state index contributed by atoms with van der Waals surface area (Å²) >= 11 is 0. The van der Waals surface area contributed by atoms with Gasteiger partial charge in [0.05, 0.1) is 19.3 Å². The van der Waals surface area contributed by atoms with Gasteiger partial charge in [-0.15, -0.1) is 24.0 Å². The van der Waals surface area contributed by atoms with Crippen molar-refractivity contribution in [1.82, 2.24) is 15.1 Å². The van der Waals surface area contributed by atoms with Gasteiger partial charge in [-0.3, -0.25) is 4.99 Å². The fraction of sp³-hybridized carbons (Fsp3) is 0.458. The zero-order valence-corrected chi connectivity index (χ0v) is 21.0. The van der Waals surface area contributed by atoms with Gasteiger partial charge in [-0.2, -0.15) is 0 Å². The van der Waals surface area contributed by atoms with Crippen LogP contribution in [0.25, 0.3) is 0 Å². The van der Waals surface area contributed by atoms with Crippen LogP contribution in [-0.4, -0.2) is 63.1 Å². The van der Waals surface area contributed by atoms with Gasteiger partial charge in [0, 0.05) is 32.6 Å². The van der Waals surface area contributed by atoms with Gasteiger partial charge in [-0.1, -0.05) is 42.5 Å². The van der Waals surface area contributed by atoms with Crippen LogP contribution in [-0.2, 0) is 11.3 Å². The summed E-state index contributed by atoms with van der Waals surface area (Å²) in [5.74, 6) is 1.21. The van der Waals surface area contributed by atoms with Crippen LogP contribution in [0.4, 0.5) is 4.39 Å². The van der Waals surface area contributed by atoms with Crippen molar-refractivity contribution < 1.29 is 9.13 Å². The molecule has 2 aromatic carbocycles. The quantitative estimate of drug-likeness (QED) is 0.310. The number of ether oxygens (including phenoxy) is 1. The van der Waals surface area contributed by atoms with Crippen molar-refractivity contribution in [2.75, 3.05) is 47.4 Å². The first kappa shape index (κ1) is 25.5. The molecule has 2 aromatic rings. The van der Waals surface area contributed by atoms with Gasteiger partial charge >= 0.3 is 0 Å². The Balaban J connectivity index is 0.00000341. The maximum absolute atomic E-state index is 13.3. The topological polar surface area (TPSA) is 40.1 Å². The van der Waals surface area contributed by atoms with Crippen molar-refractivity contribution in [2.45, 2.75) is 19.1 Å². The lowest BCUT2D eigenvalue weighted by atomic mass is 10.1. The highest BCUT2D eigenvalue weighted by molar-refractivity contribution is 14.0. The van der Waals surface area contributed by atoms with Crippen LogP contribution in [0.15, 0.2) is 59.6 Å². The molecule has 0 radical (unpaired) electrons. The van der Waals surface area contributed by atoms with Crippen molar-refractivity contribution in [3.05, 3.63) is 71.5 Å². The lowest BCUT2D eigenvalue weighted by molar-refractivity contribution is 0.0906. The summed E-state index contributed by atoms with van der Waals surface area (Å²) in [6.45, 7) is 4.04. The monoisotopic (exact) mass is 540 g/mol. The molecule has 2 atom stereocenters. The SMILES string of the molecule is CN=C(NCC(c1ccc(F)cc1)N(C)C)N1CCC(COCc2ccccc2)C1.I. The number of hydrogen-bond acceptors (Lipinski definition) is 3. The fourth-order valence-corrected chi connectivity index (χ4v) is 3.88. The highest BCUT2D eigenvalue weighted by Gasteiger charge is 2.25. The Bertz CT molecular complexity index is 801. The summed E-state index contributed by atoms with van der Waals surface area (Å²) in [4.78, 5) is 8.92. The highest BCUT2D eigenvalue weighted by Crippen LogP contribution is 2.20. The third-order valence-electron chi connectivity index (χ3n) is 5.59. The van der Waals surface area contributed by atoms with Gasteiger partial charge in [0.2, 0.25) is 0 Å². The van der Waals surface area contributed by atoms with Crippen molar-refractivity contribution in [3.8, 4) is 0 Å². The summed E-state index contributed by atoms with van der Waals surface area (Å²) in [7, 11) is 5.90. The highest BCUT2D eigenvalue weighted by atomic mass is 127. The minimum absolute atomic E-state index is 0. The largest absolute Gasteiger partial charge is 0.376 e. The molecule has 1 aliphatic rings. The molecule has 0 aromatic heterocycles. The number of rotatable bonds is 8. The lowest BCUT2D eigenvalue weighted by Crippen LogP contribution is -2.43. The van der Waals surface area contributed by atoms with Gasteiger partial charge in [-0.25, -0.2) is 4.39 Å². The van der Waals surface area contributed by atoms with Crippen LogP contribution < -0.4 is 5.32 Å². The first-order valence-corrected chi connectivity index (χ1v) is 10.6. The Hall–Kier alpha value is -1.71. The standard InChI is InChI=1S/C24H33FN4O.HI/c1-26-24(27-15-23(28(2)3)21-9-11-22(25)12-10-21)29-14-13-20(16-29)18-30-17-19-7-5-4-6-8-19;/h4-12,20,23H,13-18H2,1-3H3,(H,26,27);1H. The van der Waals surface area contributed by atoms with Crippen molar-refractivity contribution in [1.29, 1.82) is 0 Å². The predicted octanol–water partition coefficient (Wildman–Crippen LogP) is 4.16. The average Bonchev–Trinajstić information content (AvgIpc) is 3.21. The molecular formula is C24H34FIN4O. The second-order valence-corrected chi connectivity index (χ2v) is 8.06. The van der Waals surface area contributed by atoms with Crippen molar-refractivity contribution in [3.63, 3.8) is 0 Å². The van der Waals surface area contributed by atoms with Gasteiger partial charge in [0.25, 0.3) is 0 Å². The molecule has 0 spiro atoms. The van der Waals surface area contributed by atoms with E-state index in [1.165, 1.54) is 17.7 Å². The second kappa shape index (κ2) is 13.0. The summed E-state index contributed by atoms with van der Waals surface area (Å²) in [5, 5.41) is 3.51. The first-order chi connectivity index (χ1) is 14.6. The molecule has 0 saturated carbocycles. The van der Waals surface area contributed by atoms with E-state index < -0.39 is 0 Å². The average molecular weight is 540 g/mol. The van der Waals surface area contributed by atoms with Crippen LogP contribution in [0.3, 0.4) is 0 Å². The molecule has 5 nitrogen and oxygen atoms in total. The molecule has 1 N–H and O–H groups in total. The Morgan fingerprint density at radius 1 is 1.19 bits per heavy atom. The number of nitrogens with one attached hydrogen (secondary N) is 1. The normalized spacial score (nSPS) is 17.5. The van der Waals surface area contributed by atoms with Crippen molar-refractivity contribution in [2.24, 2.45) is 10.9 Å². The number of aliphatic imine (C=N–C) groups is 1. The molecule has 170 valence electrons. The number of hydrogen-bond donors (Lipinski definition) is 1. The van der Waals surface area contributed by atoms with Gasteiger partial charge in [0.15, 0.2) is 5.96 Å². The Kier molecular flexibility index (Phi) is 10.7. The van der Waals surface area contributed by atoms with E-state index in [1.807, 2.05) is 51.5 Å². The smallest absolute Gasteiger partial charge is 0.193 e. The number of benzene rings is 2. The van der Waals surface area contributed by atoms with Crippen LogP contribution in [0.1, 0.15) is 23.6 Å². The molecule has 1 heterocycles. The molecule has 0 bridgehead atoms. The third-order valence-corrected chi connectivity index (χ3v) is 5.59. The zero-order chi connectivity index (χ0) is 21.3. The van der Waals surface area contributed by atoms with Crippen LogP contribution >= 0.6 is 24.0 Å². The number of nitrogens with zero attached hydrogens (tertiary/aromatic N) is 3. The second-order valence-electron chi connectivity index (χ2n) is 8.06. The maximum atomic E-state index is 13.3. The van der Waals surface area contributed by atoms with Gasteiger partial charge < -0.3 is 19.9 Å². The molecular weight excluding hydrogens is 506 g/mol. The van der Waals surface area contributed by atoms with Gasteiger partial charge in [0.1, 0.15) is 5.82 Å². The Labute approximate surface area is 202 Å². The van der Waals surface area contributed by atoms with E-state index in [0.29, 0.717) is 19.1 Å². The molecule has 1 saturated heterocycles. The molecule has 7 heteroatoms. The van der Waals surface area contributed by atoms with Crippen LogP contribution in [0, 0.1) is 11.7 Å². The number of halogens is 2. The summed E-state index contributed by atoms with van der Waals surface area (Å²) in [5.41, 5.74) is 2.29. The molecule has 2 unspecified atom stereocenters. The predicted molar refractivity (Wildman–Crippen MR) is 135 cm³/mol. The van der Waals surface area contributed by atoms with E-state index in [1.54, 1.807) is 0 Å². The molecule has 1 aliphatic heterocycles. The Morgan fingerprint density at radius 3 is 2.55 bits per heavy atom. The molecule has 31 heavy (non-hydrogen) atoms. The van der Waals surface area contributed by atoms with E-state index in [0.717, 1.165) is 37.6 Å². The number of guanidine groups is 1. The van der Waals surface area contributed by atoms with E-state index in [-0.39, 0.29) is 35.8 Å². The van der Waals surface area contributed by atoms with Crippen molar-refractivity contribution >= 4 is 29.9 Å². The minimum atomic E-state index is -0.211. The van der Waals surface area contributed by atoms with E-state index >= 15 is 0 Å². The molecule has 0 amide bonds. The molecule has 3 rings (SSSR count). The number of likely N-dealkylation sites (N-methyl/N-ethyl adjacent to an activating group) is 1. The van der Waals surface area contributed by atoms with Gasteiger partial charge in [-0.05, 0) is 43.8 Å². The fourth-order valence-electron chi connectivity index (χ4n) is 3.88. The molecule has 1 fully saturated rings. The maximum Gasteiger partial charge on any atom is 0.193 e. The Morgan fingerprint density at radius 2 is 1.90 bits per heavy atom. The summed E-state index contributed by atoms with van der Waals surface area (Å²) < 4.78 is 19.2. The molecule has 0 aliphatic carbocycles. The van der Waals surface area contributed by atoms with Crippen LogP contribution in [0.5, 0.6) is 0 Å². The zero-order valence-electron chi connectivity index (χ0n) is 18.6. The lowest BCUT2D eigenvalue weighted by Gasteiger charge is -2.28. The minimum Gasteiger partial charge on any atom is -0.376 e. The van der Waals surface area contributed by atoms with Crippen LogP contribution in [0.2, 0.25) is 0 Å². The van der Waals surface area contributed by atoms with E-state index in [4.69, 9.17) is 4.74 Å². The first-order valence-electron chi connectivity index (χ1n) is 10.6.